The molecule has 2 fully saturated rings. The van der Waals surface area contributed by atoms with E-state index in [1.807, 2.05) is 12.4 Å². The summed E-state index contributed by atoms with van der Waals surface area (Å²) in [5, 5.41) is 5.02. The Hall–Kier alpha value is -0.970. The molecule has 1 aromatic rings. The van der Waals surface area contributed by atoms with Gasteiger partial charge in [0.15, 0.2) is 0 Å². The number of rotatable bonds is 5. The fraction of sp³-hybridized carbons (Fsp3) is 0.722. The molecule has 3 rings (SSSR count). The fourth-order valence-corrected chi connectivity index (χ4v) is 3.95. The normalized spacial score (nSPS) is 27.9. The lowest BCUT2D eigenvalue weighted by atomic mass is 9.92. The average Bonchev–Trinajstić information content (AvgIpc) is 2.57. The van der Waals surface area contributed by atoms with Crippen molar-refractivity contribution in [2.45, 2.75) is 57.5 Å². The molecule has 2 saturated heterocycles. The number of nitrogens with two attached hydrogens (primary N) is 1. The first-order valence-corrected chi connectivity index (χ1v) is 8.99. The Morgan fingerprint density at radius 3 is 2.77 bits per heavy atom. The third-order valence-corrected chi connectivity index (χ3v) is 5.21. The van der Waals surface area contributed by atoms with E-state index in [0.29, 0.717) is 0 Å². The predicted molar refractivity (Wildman–Crippen MR) is 90.0 cm³/mol. The van der Waals surface area contributed by atoms with Gasteiger partial charge in [-0.25, -0.2) is 10.0 Å². The van der Waals surface area contributed by atoms with Crippen molar-refractivity contribution in [3.63, 3.8) is 0 Å². The van der Waals surface area contributed by atoms with Crippen LogP contribution in [-0.4, -0.2) is 40.8 Å². The molecule has 3 heterocycles. The lowest BCUT2D eigenvalue weighted by Gasteiger charge is -2.45. The summed E-state index contributed by atoms with van der Waals surface area (Å²) in [7, 11) is 0. The van der Waals surface area contributed by atoms with Crippen LogP contribution in [0.4, 0.5) is 0 Å². The SMILES string of the molecule is NC1CCCCN1N1CCCC(CCCc2ccncc2)C1. The molecule has 22 heavy (non-hydrogen) atoms. The summed E-state index contributed by atoms with van der Waals surface area (Å²) in [6.07, 6.45) is 14.3. The number of pyridine rings is 1. The Kier molecular flexibility index (Phi) is 5.82. The van der Waals surface area contributed by atoms with Crippen LogP contribution in [0.15, 0.2) is 24.5 Å². The largest absolute Gasteiger partial charge is 0.315 e. The highest BCUT2D eigenvalue weighted by Gasteiger charge is 2.28. The smallest absolute Gasteiger partial charge is 0.0710 e. The summed E-state index contributed by atoms with van der Waals surface area (Å²) < 4.78 is 0. The minimum atomic E-state index is 0.254. The van der Waals surface area contributed by atoms with E-state index in [4.69, 9.17) is 5.73 Å². The van der Waals surface area contributed by atoms with Crippen molar-refractivity contribution in [1.29, 1.82) is 0 Å². The maximum atomic E-state index is 6.31. The fourth-order valence-electron chi connectivity index (χ4n) is 3.95. The Bertz CT molecular complexity index is 436. The third kappa shape index (κ3) is 4.28. The van der Waals surface area contributed by atoms with Gasteiger partial charge in [0.05, 0.1) is 6.17 Å². The number of aryl methyl sites for hydroxylation is 1. The molecule has 2 aliphatic heterocycles. The van der Waals surface area contributed by atoms with Crippen molar-refractivity contribution in [3.05, 3.63) is 30.1 Å². The molecule has 0 spiro atoms. The van der Waals surface area contributed by atoms with Gasteiger partial charge in [-0.15, -0.1) is 0 Å². The van der Waals surface area contributed by atoms with E-state index in [1.54, 1.807) is 0 Å². The topological polar surface area (TPSA) is 45.4 Å². The minimum absolute atomic E-state index is 0.254. The van der Waals surface area contributed by atoms with Crippen LogP contribution in [0, 0.1) is 5.92 Å². The number of hydrogen-bond acceptors (Lipinski definition) is 4. The maximum Gasteiger partial charge on any atom is 0.0710 e. The minimum Gasteiger partial charge on any atom is -0.315 e. The number of nitrogens with zero attached hydrogens (tertiary/aromatic N) is 3. The van der Waals surface area contributed by atoms with Gasteiger partial charge >= 0.3 is 0 Å². The van der Waals surface area contributed by atoms with Crippen molar-refractivity contribution in [2.24, 2.45) is 11.7 Å². The van der Waals surface area contributed by atoms with Crippen molar-refractivity contribution in [3.8, 4) is 0 Å². The van der Waals surface area contributed by atoms with Gasteiger partial charge in [0.2, 0.25) is 0 Å². The molecule has 0 aliphatic carbocycles. The first kappa shape index (κ1) is 15.9. The van der Waals surface area contributed by atoms with Gasteiger partial charge in [0.25, 0.3) is 0 Å². The highest BCUT2D eigenvalue weighted by Crippen LogP contribution is 2.25. The first-order chi connectivity index (χ1) is 10.8. The number of aromatic nitrogens is 1. The van der Waals surface area contributed by atoms with Crippen LogP contribution >= 0.6 is 0 Å². The summed E-state index contributed by atoms with van der Waals surface area (Å²) in [5.41, 5.74) is 7.73. The molecule has 0 bridgehead atoms. The van der Waals surface area contributed by atoms with Crippen LogP contribution in [0.5, 0.6) is 0 Å². The molecule has 1 aromatic heterocycles. The Labute approximate surface area is 134 Å². The van der Waals surface area contributed by atoms with E-state index in [2.05, 4.69) is 27.1 Å². The van der Waals surface area contributed by atoms with E-state index in [-0.39, 0.29) is 6.17 Å². The predicted octanol–water partition coefficient (Wildman–Crippen LogP) is 2.80. The molecule has 0 radical (unpaired) electrons. The molecule has 122 valence electrons. The zero-order valence-electron chi connectivity index (χ0n) is 13.7. The standard InChI is InChI=1S/C18H30N4/c19-18-8-1-2-14-22(18)21-13-4-7-17(15-21)6-3-5-16-9-11-20-12-10-16/h9-12,17-18H,1-8,13-15,19H2. The molecular weight excluding hydrogens is 272 g/mol. The molecule has 0 saturated carbocycles. The van der Waals surface area contributed by atoms with Crippen molar-refractivity contribution < 1.29 is 0 Å². The molecular formula is C18H30N4. The van der Waals surface area contributed by atoms with Gasteiger partial charge in [-0.05, 0) is 75.0 Å². The van der Waals surface area contributed by atoms with Gasteiger partial charge in [0.1, 0.15) is 0 Å². The molecule has 2 atom stereocenters. The van der Waals surface area contributed by atoms with Crippen LogP contribution < -0.4 is 5.73 Å². The van der Waals surface area contributed by atoms with Gasteiger partial charge in [-0.2, -0.15) is 0 Å². The zero-order chi connectivity index (χ0) is 15.2. The summed E-state index contributed by atoms with van der Waals surface area (Å²) >= 11 is 0. The van der Waals surface area contributed by atoms with Crippen molar-refractivity contribution >= 4 is 0 Å². The highest BCUT2D eigenvalue weighted by atomic mass is 15.7. The molecule has 2 N–H and O–H groups in total. The van der Waals surface area contributed by atoms with E-state index in [1.165, 1.54) is 63.6 Å². The van der Waals surface area contributed by atoms with Crippen LogP contribution in [0.2, 0.25) is 0 Å². The van der Waals surface area contributed by atoms with E-state index in [0.717, 1.165) is 18.9 Å². The van der Waals surface area contributed by atoms with Crippen LogP contribution in [0.3, 0.4) is 0 Å². The van der Waals surface area contributed by atoms with Crippen molar-refractivity contribution in [2.75, 3.05) is 19.6 Å². The van der Waals surface area contributed by atoms with E-state index < -0.39 is 0 Å². The van der Waals surface area contributed by atoms with Crippen molar-refractivity contribution in [1.82, 2.24) is 15.0 Å². The maximum absolute atomic E-state index is 6.31. The number of hydrogen-bond donors (Lipinski definition) is 1. The highest BCUT2D eigenvalue weighted by molar-refractivity contribution is 5.09. The molecule has 0 amide bonds. The molecule has 4 heteroatoms. The Balaban J connectivity index is 1.44. The summed E-state index contributed by atoms with van der Waals surface area (Å²) in [4.78, 5) is 4.09. The molecule has 2 aliphatic rings. The third-order valence-electron chi connectivity index (χ3n) is 5.21. The molecule has 0 aromatic carbocycles. The van der Waals surface area contributed by atoms with E-state index in [9.17, 15) is 0 Å². The van der Waals surface area contributed by atoms with Crippen LogP contribution in [0.25, 0.3) is 0 Å². The second-order valence-electron chi connectivity index (χ2n) is 6.89. The quantitative estimate of drug-likeness (QED) is 0.908. The first-order valence-electron chi connectivity index (χ1n) is 8.99. The summed E-state index contributed by atoms with van der Waals surface area (Å²) in [6, 6.07) is 4.28. The monoisotopic (exact) mass is 302 g/mol. The lowest BCUT2D eigenvalue weighted by Crippen LogP contribution is -2.57. The average molecular weight is 302 g/mol. The zero-order valence-corrected chi connectivity index (χ0v) is 13.7. The van der Waals surface area contributed by atoms with Crippen LogP contribution in [0.1, 0.15) is 50.5 Å². The van der Waals surface area contributed by atoms with E-state index >= 15 is 0 Å². The van der Waals surface area contributed by atoms with Gasteiger partial charge < -0.3 is 5.73 Å². The lowest BCUT2D eigenvalue weighted by molar-refractivity contribution is -0.0992. The Morgan fingerprint density at radius 1 is 1.09 bits per heavy atom. The van der Waals surface area contributed by atoms with Gasteiger partial charge in [-0.1, -0.05) is 0 Å². The number of piperidine rings is 2. The second kappa shape index (κ2) is 8.04. The second-order valence-corrected chi connectivity index (χ2v) is 6.89. The van der Waals surface area contributed by atoms with Gasteiger partial charge in [0, 0.05) is 32.0 Å². The van der Waals surface area contributed by atoms with Crippen LogP contribution in [-0.2, 0) is 6.42 Å². The molecule has 4 nitrogen and oxygen atoms in total. The molecule has 2 unspecified atom stereocenters. The van der Waals surface area contributed by atoms with Gasteiger partial charge in [-0.3, -0.25) is 4.98 Å². The number of hydrazine groups is 1. The summed E-state index contributed by atoms with van der Waals surface area (Å²) in [6.45, 7) is 3.57. The summed E-state index contributed by atoms with van der Waals surface area (Å²) in [5.74, 6) is 0.838. The Morgan fingerprint density at radius 2 is 1.95 bits per heavy atom.